The van der Waals surface area contributed by atoms with E-state index in [9.17, 15) is 4.79 Å². The first-order valence-corrected chi connectivity index (χ1v) is 5.95. The Kier molecular flexibility index (Phi) is 4.06. The molecule has 0 unspecified atom stereocenters. The van der Waals surface area contributed by atoms with Gasteiger partial charge in [-0.15, -0.1) is 0 Å². The number of aromatic nitrogens is 3. The molecular weight excluding hydrogens is 228 g/mol. The number of aromatic amines is 1. The summed E-state index contributed by atoms with van der Waals surface area (Å²) in [5.41, 5.74) is 2.51. The van der Waals surface area contributed by atoms with Gasteiger partial charge in [0, 0.05) is 6.42 Å². The van der Waals surface area contributed by atoms with E-state index in [1.165, 1.54) is 17.5 Å². The minimum Gasteiger partial charge on any atom is -0.295 e. The second kappa shape index (κ2) is 5.95. The molecule has 18 heavy (non-hydrogen) atoms. The average molecular weight is 244 g/mol. The van der Waals surface area contributed by atoms with Gasteiger partial charge in [-0.1, -0.05) is 29.8 Å². The summed E-state index contributed by atoms with van der Waals surface area (Å²) in [4.78, 5) is 15.4. The third-order valence-corrected chi connectivity index (χ3v) is 2.66. The van der Waals surface area contributed by atoms with Crippen molar-refractivity contribution in [2.45, 2.75) is 26.2 Å². The van der Waals surface area contributed by atoms with Gasteiger partial charge in [-0.3, -0.25) is 10.1 Å². The molecule has 0 aliphatic rings. The van der Waals surface area contributed by atoms with Crippen LogP contribution < -0.4 is 5.32 Å². The standard InChI is InChI=1S/C13H16N4O/c1-10-5-7-11(8-6-10)3-2-4-12(18)16-13-14-9-15-17-13/h5-9H,2-4H2,1H3,(H2,14,15,16,17,18). The maximum absolute atomic E-state index is 11.6. The Labute approximate surface area is 106 Å². The summed E-state index contributed by atoms with van der Waals surface area (Å²) in [5.74, 6) is 0.356. The monoisotopic (exact) mass is 244 g/mol. The lowest BCUT2D eigenvalue weighted by molar-refractivity contribution is -0.116. The SMILES string of the molecule is Cc1ccc(CCCC(=O)Nc2ncn[nH]2)cc1. The van der Waals surface area contributed by atoms with Crippen molar-refractivity contribution in [3.05, 3.63) is 41.7 Å². The van der Waals surface area contributed by atoms with Crippen LogP contribution >= 0.6 is 0 Å². The molecule has 0 fully saturated rings. The fourth-order valence-electron chi connectivity index (χ4n) is 1.67. The van der Waals surface area contributed by atoms with Gasteiger partial charge in [0.15, 0.2) is 0 Å². The molecule has 1 aromatic carbocycles. The van der Waals surface area contributed by atoms with Gasteiger partial charge in [0.25, 0.3) is 0 Å². The zero-order valence-corrected chi connectivity index (χ0v) is 10.3. The fraction of sp³-hybridized carbons (Fsp3) is 0.308. The summed E-state index contributed by atoms with van der Waals surface area (Å²) in [6.07, 6.45) is 3.57. The third kappa shape index (κ3) is 3.69. The largest absolute Gasteiger partial charge is 0.295 e. The van der Waals surface area contributed by atoms with E-state index in [4.69, 9.17) is 0 Å². The first-order chi connectivity index (χ1) is 8.74. The van der Waals surface area contributed by atoms with Crippen LogP contribution in [0.25, 0.3) is 0 Å². The van der Waals surface area contributed by atoms with E-state index in [1.54, 1.807) is 0 Å². The number of rotatable bonds is 5. The van der Waals surface area contributed by atoms with E-state index >= 15 is 0 Å². The summed E-state index contributed by atoms with van der Waals surface area (Å²) in [7, 11) is 0. The van der Waals surface area contributed by atoms with Gasteiger partial charge in [0.05, 0.1) is 0 Å². The zero-order valence-electron chi connectivity index (χ0n) is 10.3. The molecule has 2 N–H and O–H groups in total. The van der Waals surface area contributed by atoms with Crippen LogP contribution in [0.15, 0.2) is 30.6 Å². The summed E-state index contributed by atoms with van der Waals surface area (Å²) < 4.78 is 0. The molecule has 5 nitrogen and oxygen atoms in total. The molecule has 0 spiro atoms. The Hall–Kier alpha value is -2.17. The van der Waals surface area contributed by atoms with E-state index in [0.29, 0.717) is 12.4 Å². The molecule has 0 aliphatic heterocycles. The second-order valence-corrected chi connectivity index (χ2v) is 4.22. The number of amides is 1. The highest BCUT2D eigenvalue weighted by Gasteiger charge is 2.04. The van der Waals surface area contributed by atoms with Gasteiger partial charge in [-0.05, 0) is 25.3 Å². The van der Waals surface area contributed by atoms with E-state index < -0.39 is 0 Å². The predicted molar refractivity (Wildman–Crippen MR) is 69.1 cm³/mol. The number of aryl methyl sites for hydroxylation is 2. The van der Waals surface area contributed by atoms with Crippen LogP contribution in [0, 0.1) is 6.92 Å². The minimum atomic E-state index is -0.0427. The number of nitrogens with one attached hydrogen (secondary N) is 2. The molecule has 0 bridgehead atoms. The lowest BCUT2D eigenvalue weighted by Gasteiger charge is -2.02. The van der Waals surface area contributed by atoms with Crippen LogP contribution in [0.4, 0.5) is 5.95 Å². The van der Waals surface area contributed by atoms with Gasteiger partial charge < -0.3 is 0 Å². The van der Waals surface area contributed by atoms with Gasteiger partial charge in [-0.25, -0.2) is 5.10 Å². The van der Waals surface area contributed by atoms with Crippen LogP contribution in [-0.2, 0) is 11.2 Å². The molecule has 0 atom stereocenters. The molecule has 0 saturated heterocycles. The summed E-state index contributed by atoms with van der Waals surface area (Å²) in [5, 5.41) is 8.90. The average Bonchev–Trinajstić information content (AvgIpc) is 2.84. The highest BCUT2D eigenvalue weighted by molar-refractivity contribution is 5.88. The van der Waals surface area contributed by atoms with Crippen LogP contribution in [-0.4, -0.2) is 21.1 Å². The molecule has 2 aromatic rings. The van der Waals surface area contributed by atoms with E-state index in [-0.39, 0.29) is 5.91 Å². The van der Waals surface area contributed by atoms with Gasteiger partial charge in [0.1, 0.15) is 6.33 Å². The topological polar surface area (TPSA) is 70.7 Å². The maximum atomic E-state index is 11.6. The molecular formula is C13H16N4O. The molecule has 1 amide bonds. The molecule has 2 rings (SSSR count). The fourth-order valence-corrected chi connectivity index (χ4v) is 1.67. The Morgan fingerprint density at radius 2 is 2.11 bits per heavy atom. The number of hydrogen-bond donors (Lipinski definition) is 2. The smallest absolute Gasteiger partial charge is 0.226 e. The Morgan fingerprint density at radius 3 is 2.78 bits per heavy atom. The molecule has 5 heteroatoms. The number of carbonyl (C=O) groups excluding carboxylic acids is 1. The van der Waals surface area contributed by atoms with Crippen LogP contribution in [0.1, 0.15) is 24.0 Å². The number of hydrogen-bond acceptors (Lipinski definition) is 3. The van der Waals surface area contributed by atoms with Crippen molar-refractivity contribution in [2.24, 2.45) is 0 Å². The second-order valence-electron chi connectivity index (χ2n) is 4.22. The van der Waals surface area contributed by atoms with Crippen molar-refractivity contribution < 1.29 is 4.79 Å². The van der Waals surface area contributed by atoms with Gasteiger partial charge in [0.2, 0.25) is 11.9 Å². The van der Waals surface area contributed by atoms with Crippen molar-refractivity contribution in [1.29, 1.82) is 0 Å². The Bertz CT molecular complexity index is 490. The normalized spacial score (nSPS) is 10.3. The lowest BCUT2D eigenvalue weighted by atomic mass is 10.1. The predicted octanol–water partition coefficient (Wildman–Crippen LogP) is 2.07. The number of H-pyrrole nitrogens is 1. The molecule has 1 heterocycles. The highest BCUT2D eigenvalue weighted by Crippen LogP contribution is 2.07. The number of anilines is 1. The van der Waals surface area contributed by atoms with Crippen LogP contribution in [0.3, 0.4) is 0 Å². The van der Waals surface area contributed by atoms with Crippen molar-refractivity contribution >= 4 is 11.9 Å². The molecule has 0 aliphatic carbocycles. The minimum absolute atomic E-state index is 0.0427. The molecule has 0 saturated carbocycles. The summed E-state index contributed by atoms with van der Waals surface area (Å²) in [6.45, 7) is 2.06. The molecule has 1 aromatic heterocycles. The Morgan fingerprint density at radius 1 is 1.33 bits per heavy atom. The van der Waals surface area contributed by atoms with Crippen molar-refractivity contribution in [3.8, 4) is 0 Å². The van der Waals surface area contributed by atoms with Gasteiger partial charge >= 0.3 is 0 Å². The number of carbonyl (C=O) groups is 1. The number of benzene rings is 1. The molecule has 0 radical (unpaired) electrons. The highest BCUT2D eigenvalue weighted by atomic mass is 16.1. The van der Waals surface area contributed by atoms with E-state index in [0.717, 1.165) is 12.8 Å². The van der Waals surface area contributed by atoms with Crippen LogP contribution in [0.5, 0.6) is 0 Å². The van der Waals surface area contributed by atoms with Crippen molar-refractivity contribution in [3.63, 3.8) is 0 Å². The lowest BCUT2D eigenvalue weighted by Crippen LogP contribution is -2.12. The molecule has 94 valence electrons. The quantitative estimate of drug-likeness (QED) is 0.845. The maximum Gasteiger partial charge on any atom is 0.226 e. The number of nitrogens with zero attached hydrogens (tertiary/aromatic N) is 2. The van der Waals surface area contributed by atoms with Crippen molar-refractivity contribution in [1.82, 2.24) is 15.2 Å². The third-order valence-electron chi connectivity index (χ3n) is 2.66. The summed E-state index contributed by atoms with van der Waals surface area (Å²) >= 11 is 0. The van der Waals surface area contributed by atoms with Gasteiger partial charge in [-0.2, -0.15) is 10.1 Å². The first kappa shape index (κ1) is 12.3. The zero-order chi connectivity index (χ0) is 12.8. The van der Waals surface area contributed by atoms with Crippen molar-refractivity contribution in [2.75, 3.05) is 5.32 Å². The van der Waals surface area contributed by atoms with Crippen LogP contribution in [0.2, 0.25) is 0 Å². The first-order valence-electron chi connectivity index (χ1n) is 5.95. The Balaban J connectivity index is 1.72. The van der Waals surface area contributed by atoms with E-state index in [2.05, 4.69) is 51.7 Å². The summed E-state index contributed by atoms with van der Waals surface area (Å²) in [6, 6.07) is 8.38. The van der Waals surface area contributed by atoms with E-state index in [1.807, 2.05) is 0 Å².